The molecule has 2 fully saturated rings. The molecular weight excluding hydrogens is 1240 g/mol. The van der Waals surface area contributed by atoms with Crippen LogP contribution in [0.5, 0.6) is 0 Å². The van der Waals surface area contributed by atoms with Crippen molar-refractivity contribution in [1.82, 2.24) is 9.47 Å². The zero-order valence-electron chi connectivity index (χ0n) is 50.7. The van der Waals surface area contributed by atoms with Crippen LogP contribution in [-0.2, 0) is 36.7 Å². The highest BCUT2D eigenvalue weighted by atomic mass is 32.2. The summed E-state index contributed by atoms with van der Waals surface area (Å²) < 4.78 is 13.8. The van der Waals surface area contributed by atoms with E-state index >= 15 is 0 Å². The first kappa shape index (κ1) is 61.2. The van der Waals surface area contributed by atoms with Gasteiger partial charge < -0.3 is 24.1 Å². The lowest BCUT2D eigenvalue weighted by molar-refractivity contribution is -0.133. The number of hydrogen-bond acceptors (Lipinski definition) is 15. The second-order valence-corrected chi connectivity index (χ2v) is 29.4. The number of nitrogens with zero attached hydrogens (tertiary/aromatic N) is 5. The van der Waals surface area contributed by atoms with Crippen LogP contribution in [0.1, 0.15) is 116 Å². The van der Waals surface area contributed by atoms with E-state index in [-0.39, 0.29) is 40.2 Å². The number of thiocarbonyl (C=S) groups is 1. The molecule has 91 heavy (non-hydrogen) atoms. The Hall–Kier alpha value is -8.70. The number of thioether (sulfide) groups is 1. The number of rotatable bonds is 13. The van der Waals surface area contributed by atoms with Gasteiger partial charge in [-0.1, -0.05) is 137 Å². The van der Waals surface area contributed by atoms with E-state index in [2.05, 4.69) is 141 Å². The highest BCUT2D eigenvalue weighted by Gasteiger charge is 2.44. The number of benzene rings is 5. The minimum Gasteiger partial charge on any atom is -0.477 e. The number of hydrogen-bond donors (Lipinski definition) is 1. The van der Waals surface area contributed by atoms with Gasteiger partial charge in [0.25, 0.3) is 17.9 Å². The van der Waals surface area contributed by atoms with Crippen molar-refractivity contribution in [1.29, 1.82) is 5.26 Å². The summed E-state index contributed by atoms with van der Waals surface area (Å²) >= 11 is 10.7. The highest BCUT2D eigenvalue weighted by molar-refractivity contribution is 8.30. The number of amides is 1. The van der Waals surface area contributed by atoms with E-state index in [0.29, 0.717) is 59.4 Å². The quantitative estimate of drug-likeness (QED) is 0.0290. The molecule has 18 heteroatoms. The summed E-state index contributed by atoms with van der Waals surface area (Å²) in [5, 5.41) is 19.1. The van der Waals surface area contributed by atoms with Crippen LogP contribution in [0.2, 0.25) is 0 Å². The molecule has 1 saturated heterocycles. The first-order valence-electron chi connectivity index (χ1n) is 30.3. The average Bonchev–Trinajstić information content (AvgIpc) is 1.46. The third-order valence-electron chi connectivity index (χ3n) is 18.1. The number of carboxylic acid groups (broad SMARTS) is 1. The Morgan fingerprint density at radius 2 is 1.48 bits per heavy atom. The monoisotopic (exact) mass is 1300 g/mol. The number of carbonyl (C=O) groups is 3. The number of aliphatic carboxylic acids is 1. The first-order valence-corrected chi connectivity index (χ1v) is 34.0. The van der Waals surface area contributed by atoms with Crippen molar-refractivity contribution in [3.05, 3.63) is 219 Å². The summed E-state index contributed by atoms with van der Waals surface area (Å²) in [4.78, 5) is 72.7. The highest BCUT2D eigenvalue weighted by Crippen LogP contribution is 2.54. The maximum Gasteiger partial charge on any atom is 0.346 e. The second kappa shape index (κ2) is 24.8. The number of aromatic nitrogens is 1. The fraction of sp³-hybridized carbons (Fsp3) is 0.247. The molecule has 1 saturated carbocycles. The molecule has 0 spiro atoms. The molecule has 458 valence electrons. The summed E-state index contributed by atoms with van der Waals surface area (Å²) in [5.41, 5.74) is 13.2. The third-order valence-corrected chi connectivity index (χ3v) is 23.2. The maximum atomic E-state index is 13.7. The number of fused-ring (bicyclic) bond motifs is 5. The second-order valence-electron chi connectivity index (χ2n) is 24.6. The lowest BCUT2D eigenvalue weighted by atomic mass is 9.69. The number of nitriles is 1. The molecule has 2 unspecified atom stereocenters. The van der Waals surface area contributed by atoms with E-state index < -0.39 is 5.97 Å². The molecule has 4 aliphatic heterocycles. The predicted molar refractivity (Wildman–Crippen MR) is 373 cm³/mol. The Morgan fingerprint density at radius 3 is 2.16 bits per heavy atom. The molecule has 1 N–H and O–H groups in total. The topological polar surface area (TPSA) is 166 Å². The largest absolute Gasteiger partial charge is 0.477 e. The summed E-state index contributed by atoms with van der Waals surface area (Å²) in [5.74, 6) is -1.10. The van der Waals surface area contributed by atoms with E-state index in [1.54, 1.807) is 12.1 Å². The van der Waals surface area contributed by atoms with Gasteiger partial charge in [-0.05, 0) is 161 Å². The van der Waals surface area contributed by atoms with Gasteiger partial charge in [0.1, 0.15) is 31.1 Å². The van der Waals surface area contributed by atoms with Crippen LogP contribution >= 0.6 is 58.0 Å². The molecule has 13 nitrogen and oxygen atoms in total. The number of thiophene rings is 2. The van der Waals surface area contributed by atoms with Crippen LogP contribution < -0.4 is 30.2 Å². The zero-order valence-corrected chi connectivity index (χ0v) is 54.8. The molecule has 0 bridgehead atoms. The van der Waals surface area contributed by atoms with Gasteiger partial charge in [0.05, 0.1) is 10.1 Å². The molecule has 8 heterocycles. The van der Waals surface area contributed by atoms with Gasteiger partial charge in [-0.2, -0.15) is 5.26 Å². The zero-order chi connectivity index (χ0) is 63.5. The van der Waals surface area contributed by atoms with Crippen LogP contribution in [0.25, 0.3) is 59.9 Å². The van der Waals surface area contributed by atoms with Gasteiger partial charge in [0.15, 0.2) is 6.73 Å². The van der Waals surface area contributed by atoms with E-state index in [0.717, 1.165) is 81.9 Å². The van der Waals surface area contributed by atoms with Crippen molar-refractivity contribution in [3.63, 3.8) is 0 Å². The van der Waals surface area contributed by atoms with Crippen molar-refractivity contribution >= 4 is 137 Å². The standard InChI is InChI=1S/C42H35N3O4S3.C31H28N2O4S2/c1-2-43-40(48)38(52-42(43)50)41-44(25-49-26-46)39(47)37(51-41)24-28-18-21-36-34(23-28)32-14-9-15-35(32)45(36)31-19-16-27(17-20-31)22-33(29-10-5-3-6-11-29)30-12-7-4-8-13-30;1-30(2)9-11-33-12-10-31(3,4)25-26(33)21(30)15-17-14-20(29(36)37-27(17)25)22-7-8-24(39-22)23-6-5-19(38-23)13-18(16-32)28(34)35/h3-8,10-13,16-24,26,32,35H,2,9,14-15,25H2,1H3;5-8,13-15H,9-12H2,1-4H3,(H,34,35)/b37-24+,41-38-;18-13-. The SMILES string of the molecule is CC1(C)CCN2CCC(C)(C)c3c2c1cc1cc(-c2ccc(-c4ccc(/C=C(/C#N)C(=O)O)s4)s2)c(=O)oc31.CCN1C(=O)/C(=c2/s/c(=C/c3ccc4c(c3)C3CCCC3N4c3ccc(C=C(c4ccccc4)c4ccccc4)cc3)c(=O)n2COC=O)SC1=S. The Balaban J connectivity index is 0.000000174. The van der Waals surface area contributed by atoms with Gasteiger partial charge in [-0.25, -0.2) is 9.59 Å². The Bertz CT molecular complexity index is 4750. The maximum absolute atomic E-state index is 13.7. The summed E-state index contributed by atoms with van der Waals surface area (Å²) in [6, 6.07) is 50.2. The fourth-order valence-corrected chi connectivity index (χ4v) is 18.1. The van der Waals surface area contributed by atoms with E-state index in [1.165, 1.54) is 106 Å². The van der Waals surface area contributed by atoms with Gasteiger partial charge in [0.2, 0.25) is 0 Å². The number of ether oxygens (including phenoxy) is 1. The molecule has 1 aliphatic carbocycles. The molecule has 2 atom stereocenters. The molecule has 5 aromatic carbocycles. The Kier molecular flexibility index (Phi) is 16.7. The smallest absolute Gasteiger partial charge is 0.346 e. The molecule has 9 aromatic rings. The van der Waals surface area contributed by atoms with Gasteiger partial charge in [-0.3, -0.25) is 23.9 Å². The normalized spacial score (nSPS) is 18.5. The number of carbonyl (C=O) groups excluding carboxylic acids is 2. The minimum atomic E-state index is -1.25. The lowest BCUT2D eigenvalue weighted by Gasteiger charge is -2.48. The first-order chi connectivity index (χ1) is 43.9. The van der Waals surface area contributed by atoms with Crippen molar-refractivity contribution in [2.45, 2.75) is 96.2 Å². The minimum absolute atomic E-state index is 0.0337. The van der Waals surface area contributed by atoms with Crippen molar-refractivity contribution < 1.29 is 28.6 Å². The van der Waals surface area contributed by atoms with Crippen molar-refractivity contribution in [2.24, 2.45) is 0 Å². The van der Waals surface area contributed by atoms with Gasteiger partial charge in [-0.15, -0.1) is 34.0 Å². The molecule has 4 aromatic heterocycles. The number of thiazole rings is 1. The lowest BCUT2D eigenvalue weighted by Crippen LogP contribution is -2.44. The third kappa shape index (κ3) is 11.6. The molecule has 5 aliphatic rings. The summed E-state index contributed by atoms with van der Waals surface area (Å²) in [6.45, 7) is 13.5. The van der Waals surface area contributed by atoms with Crippen molar-refractivity contribution in [3.8, 4) is 26.3 Å². The van der Waals surface area contributed by atoms with Crippen LogP contribution in [0.4, 0.5) is 17.1 Å². The van der Waals surface area contributed by atoms with Crippen LogP contribution in [0.3, 0.4) is 0 Å². The molecule has 1 amide bonds. The summed E-state index contributed by atoms with van der Waals surface area (Å²) in [6.07, 6.45) is 11.0. The average molecular weight is 1300 g/mol. The van der Waals surface area contributed by atoms with Crippen LogP contribution in [0.15, 0.2) is 159 Å². The van der Waals surface area contributed by atoms with E-state index in [9.17, 15) is 24.0 Å². The summed E-state index contributed by atoms with van der Waals surface area (Å²) in [7, 11) is 0. The van der Waals surface area contributed by atoms with Crippen molar-refractivity contribution in [2.75, 3.05) is 29.4 Å². The number of carboxylic acids is 1. The Labute approximate surface area is 547 Å². The van der Waals surface area contributed by atoms with Crippen LogP contribution in [-0.4, -0.2) is 62.9 Å². The van der Waals surface area contributed by atoms with E-state index in [4.69, 9.17) is 31.7 Å². The molecular formula is C73H63N5O8S5. The van der Waals surface area contributed by atoms with Crippen LogP contribution in [0, 0.1) is 11.3 Å². The van der Waals surface area contributed by atoms with E-state index in [1.807, 2.05) is 49.4 Å². The predicted octanol–water partition coefficient (Wildman–Crippen LogP) is 14.6. The number of anilines is 3. The molecule has 14 rings (SSSR count). The Morgan fingerprint density at radius 1 is 0.802 bits per heavy atom. The van der Waals surface area contributed by atoms with Gasteiger partial charge in [0, 0.05) is 79.1 Å². The van der Waals surface area contributed by atoms with Gasteiger partial charge >= 0.3 is 11.6 Å². The molecule has 0 radical (unpaired) electrons. The fourth-order valence-electron chi connectivity index (χ4n) is 13.4.